The van der Waals surface area contributed by atoms with Crippen molar-refractivity contribution in [3.05, 3.63) is 54.3 Å². The molecule has 2 heterocycles. The van der Waals surface area contributed by atoms with Crippen LogP contribution in [0.1, 0.15) is 12.8 Å². The summed E-state index contributed by atoms with van der Waals surface area (Å²) in [5, 5.41) is 0. The molecule has 4 rings (SSSR count). The number of epoxide rings is 1. The fourth-order valence-corrected chi connectivity index (χ4v) is 4.76. The van der Waals surface area contributed by atoms with E-state index in [4.69, 9.17) is 4.74 Å². The SMILES string of the molecule is O=S1(=O)N(CCCC2CO2)c2ccccc2N1c1ccccc1F. The van der Waals surface area contributed by atoms with Crippen LogP contribution in [0.5, 0.6) is 0 Å². The summed E-state index contributed by atoms with van der Waals surface area (Å²) in [6.07, 6.45) is 1.78. The lowest BCUT2D eigenvalue weighted by molar-refractivity contribution is 0.393. The van der Waals surface area contributed by atoms with Crippen LogP contribution in [0.2, 0.25) is 0 Å². The van der Waals surface area contributed by atoms with Gasteiger partial charge in [-0.15, -0.1) is 0 Å². The number of benzene rings is 2. The molecule has 0 radical (unpaired) electrons. The Bertz CT molecular complexity index is 868. The minimum atomic E-state index is -3.85. The van der Waals surface area contributed by atoms with Crippen molar-refractivity contribution in [1.82, 2.24) is 0 Å². The molecule has 1 atom stereocenters. The topological polar surface area (TPSA) is 53.2 Å². The Morgan fingerprint density at radius 1 is 1.04 bits per heavy atom. The first kappa shape index (κ1) is 15.4. The summed E-state index contributed by atoms with van der Waals surface area (Å²) >= 11 is 0. The predicted molar refractivity (Wildman–Crippen MR) is 90.2 cm³/mol. The van der Waals surface area contributed by atoms with Crippen molar-refractivity contribution in [2.45, 2.75) is 18.9 Å². The number of anilines is 3. The van der Waals surface area contributed by atoms with Crippen molar-refractivity contribution in [2.75, 3.05) is 21.8 Å². The van der Waals surface area contributed by atoms with Crippen molar-refractivity contribution < 1.29 is 17.5 Å². The first-order valence-corrected chi connectivity index (χ1v) is 9.27. The van der Waals surface area contributed by atoms with Gasteiger partial charge in [-0.1, -0.05) is 24.3 Å². The molecule has 0 N–H and O–H groups in total. The maximum atomic E-state index is 14.2. The second-order valence-corrected chi connectivity index (χ2v) is 7.58. The molecular formula is C17H17FN2O3S. The Morgan fingerprint density at radius 3 is 2.33 bits per heavy atom. The van der Waals surface area contributed by atoms with Gasteiger partial charge in [-0.05, 0) is 37.1 Å². The summed E-state index contributed by atoms with van der Waals surface area (Å²) in [5.74, 6) is -0.566. The molecule has 0 amide bonds. The molecule has 0 aromatic heterocycles. The van der Waals surface area contributed by atoms with Gasteiger partial charge in [0.25, 0.3) is 0 Å². The minimum absolute atomic E-state index is 0.0398. The number of nitrogens with zero attached hydrogens (tertiary/aromatic N) is 2. The van der Waals surface area contributed by atoms with E-state index in [0.29, 0.717) is 24.3 Å². The monoisotopic (exact) mass is 348 g/mol. The Labute approximate surface area is 140 Å². The second-order valence-electron chi connectivity index (χ2n) is 5.88. The van der Waals surface area contributed by atoms with E-state index >= 15 is 0 Å². The first-order chi connectivity index (χ1) is 11.6. The maximum Gasteiger partial charge on any atom is 0.331 e. The lowest BCUT2D eigenvalue weighted by Gasteiger charge is -2.22. The van der Waals surface area contributed by atoms with Gasteiger partial charge in [0.2, 0.25) is 0 Å². The van der Waals surface area contributed by atoms with Gasteiger partial charge in [0.15, 0.2) is 0 Å². The van der Waals surface area contributed by atoms with Crippen LogP contribution in [-0.4, -0.2) is 27.7 Å². The summed E-state index contributed by atoms with van der Waals surface area (Å²) in [6.45, 7) is 1.11. The third kappa shape index (κ3) is 2.53. The molecule has 5 nitrogen and oxygen atoms in total. The number of rotatable bonds is 5. The number of para-hydroxylation sites is 3. The largest absolute Gasteiger partial charge is 0.373 e. The highest BCUT2D eigenvalue weighted by atomic mass is 32.2. The molecule has 0 aliphatic carbocycles. The second kappa shape index (κ2) is 5.75. The molecule has 2 aliphatic heterocycles. The highest BCUT2D eigenvalue weighted by Crippen LogP contribution is 2.45. The number of hydrogen-bond acceptors (Lipinski definition) is 3. The van der Waals surface area contributed by atoms with E-state index in [1.807, 2.05) is 0 Å². The number of halogens is 1. The molecule has 2 aliphatic rings. The van der Waals surface area contributed by atoms with Crippen LogP contribution in [0.25, 0.3) is 0 Å². The lowest BCUT2D eigenvalue weighted by Crippen LogP contribution is -2.36. The molecule has 2 aromatic carbocycles. The summed E-state index contributed by atoms with van der Waals surface area (Å²) < 4.78 is 47.9. The summed E-state index contributed by atoms with van der Waals surface area (Å²) in [7, 11) is -3.85. The Kier molecular flexibility index (Phi) is 3.69. The average molecular weight is 348 g/mol. The van der Waals surface area contributed by atoms with Crippen LogP contribution in [0.15, 0.2) is 48.5 Å². The van der Waals surface area contributed by atoms with Crippen molar-refractivity contribution in [1.29, 1.82) is 0 Å². The van der Waals surface area contributed by atoms with Gasteiger partial charge in [0, 0.05) is 6.54 Å². The highest BCUT2D eigenvalue weighted by Gasteiger charge is 2.42. The quantitative estimate of drug-likeness (QED) is 0.780. The van der Waals surface area contributed by atoms with E-state index in [0.717, 1.165) is 17.3 Å². The number of ether oxygens (including phenoxy) is 1. The molecule has 126 valence electrons. The van der Waals surface area contributed by atoms with Crippen LogP contribution in [0.4, 0.5) is 21.5 Å². The van der Waals surface area contributed by atoms with E-state index in [9.17, 15) is 12.8 Å². The number of fused-ring (bicyclic) bond motifs is 1. The predicted octanol–water partition coefficient (Wildman–Crippen LogP) is 3.21. The van der Waals surface area contributed by atoms with Crippen LogP contribution in [0.3, 0.4) is 0 Å². The lowest BCUT2D eigenvalue weighted by atomic mass is 10.2. The Balaban J connectivity index is 1.73. The van der Waals surface area contributed by atoms with E-state index in [2.05, 4.69) is 0 Å². The zero-order valence-corrected chi connectivity index (χ0v) is 13.7. The molecule has 0 saturated carbocycles. The minimum Gasteiger partial charge on any atom is -0.373 e. The zero-order valence-electron chi connectivity index (χ0n) is 12.9. The third-order valence-corrected chi connectivity index (χ3v) is 6.03. The van der Waals surface area contributed by atoms with E-state index < -0.39 is 16.0 Å². The summed E-state index contributed by atoms with van der Waals surface area (Å²) in [6, 6.07) is 12.9. The van der Waals surface area contributed by atoms with E-state index in [1.54, 1.807) is 36.4 Å². The molecule has 0 spiro atoms. The zero-order chi connectivity index (χ0) is 16.7. The number of hydrogen-bond donors (Lipinski definition) is 0. The molecule has 1 saturated heterocycles. The third-order valence-electron chi connectivity index (χ3n) is 4.24. The smallest absolute Gasteiger partial charge is 0.331 e. The molecule has 24 heavy (non-hydrogen) atoms. The van der Waals surface area contributed by atoms with Crippen LogP contribution in [-0.2, 0) is 14.9 Å². The summed E-state index contributed by atoms with van der Waals surface area (Å²) in [5.41, 5.74) is 1.10. The van der Waals surface area contributed by atoms with Gasteiger partial charge in [-0.2, -0.15) is 8.42 Å². The van der Waals surface area contributed by atoms with E-state index in [1.165, 1.54) is 16.4 Å². The van der Waals surface area contributed by atoms with Crippen molar-refractivity contribution in [2.24, 2.45) is 0 Å². The van der Waals surface area contributed by atoms with Gasteiger partial charge >= 0.3 is 10.2 Å². The van der Waals surface area contributed by atoms with Crippen molar-refractivity contribution >= 4 is 27.3 Å². The molecule has 1 unspecified atom stereocenters. The Hall–Kier alpha value is -2.12. The van der Waals surface area contributed by atoms with Crippen molar-refractivity contribution in [3.63, 3.8) is 0 Å². The standard InChI is InChI=1S/C17H17FN2O3S/c18-14-7-1-2-8-15(14)20-17-10-4-3-9-16(17)19(24(20,21)22)11-5-6-13-12-23-13/h1-4,7-10,13H,5-6,11-12H2. The van der Waals surface area contributed by atoms with Crippen LogP contribution >= 0.6 is 0 Å². The van der Waals surface area contributed by atoms with Gasteiger partial charge < -0.3 is 4.74 Å². The maximum absolute atomic E-state index is 14.2. The fourth-order valence-electron chi connectivity index (χ4n) is 3.00. The normalized spacial score (nSPS) is 21.0. The molecule has 2 aromatic rings. The van der Waals surface area contributed by atoms with Crippen LogP contribution < -0.4 is 8.61 Å². The average Bonchev–Trinajstić information content (AvgIpc) is 3.35. The Morgan fingerprint density at radius 2 is 1.67 bits per heavy atom. The molecule has 1 fully saturated rings. The van der Waals surface area contributed by atoms with Crippen LogP contribution in [0, 0.1) is 5.82 Å². The van der Waals surface area contributed by atoms with Gasteiger partial charge in [0.05, 0.1) is 29.8 Å². The van der Waals surface area contributed by atoms with E-state index in [-0.39, 0.29) is 11.8 Å². The van der Waals surface area contributed by atoms with Crippen molar-refractivity contribution in [3.8, 4) is 0 Å². The molecular weight excluding hydrogens is 331 g/mol. The van der Waals surface area contributed by atoms with Gasteiger partial charge in [-0.3, -0.25) is 4.31 Å². The fraction of sp³-hybridized carbons (Fsp3) is 0.294. The molecule has 0 bridgehead atoms. The highest BCUT2D eigenvalue weighted by molar-refractivity contribution is 7.95. The first-order valence-electron chi connectivity index (χ1n) is 7.87. The molecule has 7 heteroatoms. The van der Waals surface area contributed by atoms with Gasteiger partial charge in [0.1, 0.15) is 5.82 Å². The summed E-state index contributed by atoms with van der Waals surface area (Å²) in [4.78, 5) is 0. The van der Waals surface area contributed by atoms with Gasteiger partial charge in [-0.25, -0.2) is 8.70 Å².